The van der Waals surface area contributed by atoms with Crippen LogP contribution in [0.3, 0.4) is 0 Å². The molecule has 0 aliphatic heterocycles. The summed E-state index contributed by atoms with van der Waals surface area (Å²) >= 11 is 0. The van der Waals surface area contributed by atoms with Crippen molar-refractivity contribution in [2.24, 2.45) is 5.73 Å². The summed E-state index contributed by atoms with van der Waals surface area (Å²) in [4.78, 5) is 0. The largest absolute Gasteiger partial charge is 0.496 e. The van der Waals surface area contributed by atoms with Gasteiger partial charge < -0.3 is 15.2 Å². The Kier molecular flexibility index (Phi) is 6.11. The van der Waals surface area contributed by atoms with E-state index in [4.69, 9.17) is 15.2 Å². The minimum absolute atomic E-state index is 0. The van der Waals surface area contributed by atoms with Gasteiger partial charge in [-0.1, -0.05) is 19.1 Å². The Morgan fingerprint density at radius 2 is 1.80 bits per heavy atom. The third-order valence-electron chi connectivity index (χ3n) is 3.47. The van der Waals surface area contributed by atoms with Crippen LogP contribution in [0.4, 0.5) is 0 Å². The first-order valence-corrected chi connectivity index (χ1v) is 6.58. The molecule has 2 aromatic carbocycles. The lowest BCUT2D eigenvalue weighted by atomic mass is 9.99. The molecule has 20 heavy (non-hydrogen) atoms. The highest BCUT2D eigenvalue weighted by Crippen LogP contribution is 2.32. The van der Waals surface area contributed by atoms with Gasteiger partial charge in [0.15, 0.2) is 0 Å². The Balaban J connectivity index is 0.00000200. The van der Waals surface area contributed by atoms with E-state index in [1.807, 2.05) is 12.1 Å². The van der Waals surface area contributed by atoms with Crippen LogP contribution < -0.4 is 15.2 Å². The fourth-order valence-electron chi connectivity index (χ4n) is 2.27. The maximum Gasteiger partial charge on any atom is 0.126 e. The van der Waals surface area contributed by atoms with Crippen molar-refractivity contribution < 1.29 is 9.47 Å². The molecule has 0 heterocycles. The molecule has 0 spiro atoms. The number of rotatable bonds is 5. The van der Waals surface area contributed by atoms with E-state index in [1.165, 1.54) is 0 Å². The van der Waals surface area contributed by atoms with Gasteiger partial charge in [0.05, 0.1) is 14.2 Å². The molecule has 2 aromatic rings. The van der Waals surface area contributed by atoms with Crippen molar-refractivity contribution in [3.05, 3.63) is 35.9 Å². The smallest absolute Gasteiger partial charge is 0.126 e. The first kappa shape index (κ1) is 16.6. The van der Waals surface area contributed by atoms with Gasteiger partial charge in [-0.25, -0.2) is 0 Å². The molecule has 1 unspecified atom stereocenters. The Morgan fingerprint density at radius 3 is 2.40 bits per heavy atom. The van der Waals surface area contributed by atoms with Crippen LogP contribution in [0, 0.1) is 0 Å². The zero-order valence-electron chi connectivity index (χ0n) is 12.2. The summed E-state index contributed by atoms with van der Waals surface area (Å²) in [7, 11) is 3.39. The third kappa shape index (κ3) is 3.35. The highest BCUT2D eigenvalue weighted by molar-refractivity contribution is 5.90. The van der Waals surface area contributed by atoms with Crippen molar-refractivity contribution in [2.45, 2.75) is 25.8 Å². The SMILES string of the molecule is CCC(N)Cc1cc2c(OC)cccc2cc1OC.Cl. The summed E-state index contributed by atoms with van der Waals surface area (Å²) in [5, 5.41) is 2.22. The second-order valence-electron chi connectivity index (χ2n) is 4.72. The fraction of sp³-hybridized carbons (Fsp3) is 0.375. The average molecular weight is 296 g/mol. The highest BCUT2D eigenvalue weighted by atomic mass is 35.5. The number of hydrogen-bond acceptors (Lipinski definition) is 3. The lowest BCUT2D eigenvalue weighted by Gasteiger charge is -2.15. The van der Waals surface area contributed by atoms with Gasteiger partial charge in [0.25, 0.3) is 0 Å². The van der Waals surface area contributed by atoms with Crippen LogP contribution in [0.5, 0.6) is 11.5 Å². The molecular formula is C16H22ClNO2. The predicted octanol–water partition coefficient (Wildman–Crippen LogP) is 3.56. The fourth-order valence-corrected chi connectivity index (χ4v) is 2.27. The lowest BCUT2D eigenvalue weighted by molar-refractivity contribution is 0.407. The quantitative estimate of drug-likeness (QED) is 0.917. The molecule has 0 aliphatic rings. The summed E-state index contributed by atoms with van der Waals surface area (Å²) in [5.74, 6) is 1.77. The molecule has 0 amide bonds. The van der Waals surface area contributed by atoms with Crippen molar-refractivity contribution in [3.8, 4) is 11.5 Å². The van der Waals surface area contributed by atoms with Crippen LogP contribution in [0.1, 0.15) is 18.9 Å². The van der Waals surface area contributed by atoms with Gasteiger partial charge in [-0.15, -0.1) is 12.4 Å². The zero-order chi connectivity index (χ0) is 13.8. The predicted molar refractivity (Wildman–Crippen MR) is 86.3 cm³/mol. The van der Waals surface area contributed by atoms with Gasteiger partial charge in [0.1, 0.15) is 11.5 Å². The first-order chi connectivity index (χ1) is 9.19. The second kappa shape index (κ2) is 7.36. The van der Waals surface area contributed by atoms with Crippen LogP contribution in [0.2, 0.25) is 0 Å². The Bertz CT molecular complexity index is 572. The molecule has 2 N–H and O–H groups in total. The molecule has 0 fully saturated rings. The van der Waals surface area contributed by atoms with Crippen molar-refractivity contribution in [1.29, 1.82) is 0 Å². The maximum atomic E-state index is 6.06. The second-order valence-corrected chi connectivity index (χ2v) is 4.72. The highest BCUT2D eigenvalue weighted by Gasteiger charge is 2.11. The molecule has 0 radical (unpaired) electrons. The molecule has 0 bridgehead atoms. The van der Waals surface area contributed by atoms with Crippen LogP contribution in [-0.2, 0) is 6.42 Å². The van der Waals surface area contributed by atoms with E-state index in [0.717, 1.165) is 40.7 Å². The minimum Gasteiger partial charge on any atom is -0.496 e. The number of nitrogens with two attached hydrogens (primary N) is 1. The Morgan fingerprint density at radius 1 is 1.10 bits per heavy atom. The van der Waals surface area contributed by atoms with E-state index in [0.29, 0.717) is 0 Å². The van der Waals surface area contributed by atoms with Crippen molar-refractivity contribution in [3.63, 3.8) is 0 Å². The summed E-state index contributed by atoms with van der Waals surface area (Å²) < 4.78 is 10.9. The molecule has 2 rings (SSSR count). The normalized spacial score (nSPS) is 11.8. The van der Waals surface area contributed by atoms with E-state index >= 15 is 0 Å². The van der Waals surface area contributed by atoms with E-state index in [9.17, 15) is 0 Å². The van der Waals surface area contributed by atoms with Gasteiger partial charge in [0, 0.05) is 11.4 Å². The van der Waals surface area contributed by atoms with Gasteiger partial charge >= 0.3 is 0 Å². The summed E-state index contributed by atoms with van der Waals surface area (Å²) in [6.45, 7) is 2.10. The first-order valence-electron chi connectivity index (χ1n) is 6.58. The van der Waals surface area contributed by atoms with Crippen LogP contribution in [0.25, 0.3) is 10.8 Å². The lowest BCUT2D eigenvalue weighted by Crippen LogP contribution is -2.21. The number of ether oxygens (including phenoxy) is 2. The van der Waals surface area contributed by atoms with Crippen LogP contribution in [-0.4, -0.2) is 20.3 Å². The van der Waals surface area contributed by atoms with Crippen molar-refractivity contribution in [2.75, 3.05) is 14.2 Å². The Labute approximate surface area is 126 Å². The van der Waals surface area contributed by atoms with Crippen molar-refractivity contribution in [1.82, 2.24) is 0 Å². The number of fused-ring (bicyclic) bond motifs is 1. The molecule has 0 saturated heterocycles. The van der Waals surface area contributed by atoms with E-state index in [-0.39, 0.29) is 18.4 Å². The Hall–Kier alpha value is -1.45. The van der Waals surface area contributed by atoms with Gasteiger partial charge in [-0.2, -0.15) is 0 Å². The zero-order valence-corrected chi connectivity index (χ0v) is 13.0. The molecule has 0 aliphatic carbocycles. The van der Waals surface area contributed by atoms with E-state index in [2.05, 4.69) is 25.1 Å². The summed E-state index contributed by atoms with van der Waals surface area (Å²) in [5.41, 5.74) is 7.19. The third-order valence-corrected chi connectivity index (χ3v) is 3.47. The van der Waals surface area contributed by atoms with Gasteiger partial charge in [0.2, 0.25) is 0 Å². The molecule has 1 atom stereocenters. The van der Waals surface area contributed by atoms with Crippen LogP contribution in [0.15, 0.2) is 30.3 Å². The van der Waals surface area contributed by atoms with Crippen LogP contribution >= 0.6 is 12.4 Å². The molecule has 0 saturated carbocycles. The number of hydrogen-bond donors (Lipinski definition) is 1. The van der Waals surface area contributed by atoms with E-state index < -0.39 is 0 Å². The van der Waals surface area contributed by atoms with Crippen molar-refractivity contribution >= 4 is 23.2 Å². The summed E-state index contributed by atoms with van der Waals surface area (Å²) in [6.07, 6.45) is 1.76. The van der Waals surface area contributed by atoms with Gasteiger partial charge in [-0.3, -0.25) is 0 Å². The number of methoxy groups -OCH3 is 2. The van der Waals surface area contributed by atoms with Gasteiger partial charge in [-0.05, 0) is 42.0 Å². The minimum atomic E-state index is 0. The molecule has 4 heteroatoms. The summed E-state index contributed by atoms with van der Waals surface area (Å²) in [6, 6.07) is 10.3. The molecular weight excluding hydrogens is 274 g/mol. The average Bonchev–Trinajstić information content (AvgIpc) is 2.45. The monoisotopic (exact) mass is 295 g/mol. The molecule has 3 nitrogen and oxygen atoms in total. The molecule has 110 valence electrons. The standard InChI is InChI=1S/C16H21NO2.ClH/c1-4-13(17)8-12-9-14-11(10-16(12)19-3)6-5-7-15(14)18-2;/h5-7,9-10,13H,4,8,17H2,1-3H3;1H. The number of halogens is 1. The topological polar surface area (TPSA) is 44.5 Å². The number of benzene rings is 2. The van der Waals surface area contributed by atoms with E-state index in [1.54, 1.807) is 14.2 Å². The maximum absolute atomic E-state index is 6.06. The molecule has 0 aromatic heterocycles.